The fourth-order valence-corrected chi connectivity index (χ4v) is 3.37. The highest BCUT2D eigenvalue weighted by molar-refractivity contribution is 6.42. The van der Waals surface area contributed by atoms with E-state index in [2.05, 4.69) is 15.2 Å². The van der Waals surface area contributed by atoms with Gasteiger partial charge in [0.15, 0.2) is 0 Å². The molecule has 2 bridgehead atoms. The van der Waals surface area contributed by atoms with Crippen LogP contribution in [0.1, 0.15) is 0 Å². The van der Waals surface area contributed by atoms with Gasteiger partial charge in [-0.15, -0.1) is 0 Å². The molecule has 2 aromatic rings. The molecular weight excluding hydrogens is 349 g/mol. The van der Waals surface area contributed by atoms with Gasteiger partial charge in [0.05, 0.1) is 40.3 Å². The summed E-state index contributed by atoms with van der Waals surface area (Å²) in [6.45, 7) is 3.47. The molecule has 1 aromatic heterocycles. The van der Waals surface area contributed by atoms with E-state index in [1.807, 2.05) is 12.3 Å². The average molecular weight is 366 g/mol. The highest BCUT2D eigenvalue weighted by Gasteiger charge is 2.31. The Balaban J connectivity index is 1.52. The molecule has 126 valence electrons. The average Bonchev–Trinajstić information content (AvgIpc) is 2.58. The van der Waals surface area contributed by atoms with Gasteiger partial charge in [-0.25, -0.2) is 0 Å². The fraction of sp³-hybridized carbons (Fsp3) is 0.353. The van der Waals surface area contributed by atoms with E-state index in [4.69, 9.17) is 32.7 Å². The zero-order chi connectivity index (χ0) is 16.5. The van der Waals surface area contributed by atoms with Crippen molar-refractivity contribution in [3.05, 3.63) is 46.7 Å². The maximum atomic E-state index is 6.03. The number of nitrogens with zero attached hydrogens (tertiary/aromatic N) is 2. The van der Waals surface area contributed by atoms with E-state index < -0.39 is 0 Å². The molecule has 1 aromatic carbocycles. The largest absolute Gasteiger partial charge is 0.456 e. The van der Waals surface area contributed by atoms with Crippen molar-refractivity contribution in [3.63, 3.8) is 0 Å². The molecule has 0 radical (unpaired) electrons. The standard InChI is InChI=1S/C17H17Cl2N3O2/c18-16-2-1-12(4-17(16)19)23-13-3-11(5-20-6-13)22-9-14-7-21-8-15(10-22)24-14/h1-6,14-15,21H,7-10H2. The molecule has 7 heteroatoms. The van der Waals surface area contributed by atoms with Crippen LogP contribution in [0.25, 0.3) is 0 Å². The minimum Gasteiger partial charge on any atom is -0.456 e. The van der Waals surface area contributed by atoms with Crippen molar-refractivity contribution in [1.82, 2.24) is 10.3 Å². The molecule has 2 saturated heterocycles. The van der Waals surface area contributed by atoms with Crippen LogP contribution < -0.4 is 15.0 Å². The van der Waals surface area contributed by atoms with Gasteiger partial charge in [-0.1, -0.05) is 23.2 Å². The van der Waals surface area contributed by atoms with Crippen LogP contribution in [0.5, 0.6) is 11.5 Å². The third-order valence-corrected chi connectivity index (χ3v) is 4.91. The fourth-order valence-electron chi connectivity index (χ4n) is 3.08. The maximum absolute atomic E-state index is 6.03. The summed E-state index contributed by atoms with van der Waals surface area (Å²) in [5.74, 6) is 1.30. The van der Waals surface area contributed by atoms with Gasteiger partial charge in [0.25, 0.3) is 0 Å². The van der Waals surface area contributed by atoms with Crippen molar-refractivity contribution >= 4 is 28.9 Å². The molecular formula is C17H17Cl2N3O2. The Hall–Kier alpha value is -1.53. The normalized spacial score (nSPS) is 23.2. The van der Waals surface area contributed by atoms with Crippen LogP contribution in [0.15, 0.2) is 36.7 Å². The Morgan fingerprint density at radius 3 is 2.58 bits per heavy atom. The third-order valence-electron chi connectivity index (χ3n) is 4.17. The first kappa shape index (κ1) is 16.0. The van der Waals surface area contributed by atoms with Gasteiger partial charge >= 0.3 is 0 Å². The van der Waals surface area contributed by atoms with Crippen LogP contribution >= 0.6 is 23.2 Å². The van der Waals surface area contributed by atoms with Crippen LogP contribution in [0.2, 0.25) is 10.0 Å². The van der Waals surface area contributed by atoms with Crippen molar-refractivity contribution in [3.8, 4) is 11.5 Å². The number of ether oxygens (including phenoxy) is 2. The number of rotatable bonds is 3. The number of pyridine rings is 1. The lowest BCUT2D eigenvalue weighted by atomic mass is 10.1. The predicted molar refractivity (Wildman–Crippen MR) is 94.5 cm³/mol. The van der Waals surface area contributed by atoms with Crippen LogP contribution in [-0.4, -0.2) is 43.4 Å². The minimum absolute atomic E-state index is 0.220. The van der Waals surface area contributed by atoms with Crippen LogP contribution in [0.3, 0.4) is 0 Å². The van der Waals surface area contributed by atoms with Crippen molar-refractivity contribution in [2.45, 2.75) is 12.2 Å². The van der Waals surface area contributed by atoms with Gasteiger partial charge < -0.3 is 19.7 Å². The molecule has 2 atom stereocenters. The monoisotopic (exact) mass is 365 g/mol. The van der Waals surface area contributed by atoms with Crippen LogP contribution in [0.4, 0.5) is 5.69 Å². The first-order valence-corrected chi connectivity index (χ1v) is 8.62. The number of anilines is 1. The minimum atomic E-state index is 0.220. The Bertz CT molecular complexity index is 732. The zero-order valence-electron chi connectivity index (χ0n) is 12.9. The molecule has 0 saturated carbocycles. The van der Waals surface area contributed by atoms with Gasteiger partial charge in [0, 0.05) is 38.3 Å². The van der Waals surface area contributed by atoms with E-state index in [1.54, 1.807) is 24.4 Å². The maximum Gasteiger partial charge on any atom is 0.147 e. The molecule has 2 aliphatic rings. The molecule has 4 rings (SSSR count). The van der Waals surface area contributed by atoms with Gasteiger partial charge in [0.2, 0.25) is 0 Å². The number of halogens is 2. The van der Waals surface area contributed by atoms with Crippen LogP contribution in [-0.2, 0) is 4.74 Å². The van der Waals surface area contributed by atoms with Gasteiger partial charge in [-0.3, -0.25) is 4.98 Å². The molecule has 0 amide bonds. The van der Waals surface area contributed by atoms with E-state index >= 15 is 0 Å². The van der Waals surface area contributed by atoms with Crippen molar-refractivity contribution < 1.29 is 9.47 Å². The Labute approximate surface area is 150 Å². The van der Waals surface area contributed by atoms with Crippen molar-refractivity contribution in [1.29, 1.82) is 0 Å². The van der Waals surface area contributed by atoms with E-state index in [0.29, 0.717) is 21.5 Å². The second kappa shape index (κ2) is 6.76. The van der Waals surface area contributed by atoms with E-state index in [1.165, 1.54) is 0 Å². The Morgan fingerprint density at radius 1 is 1.04 bits per heavy atom. The Kier molecular flexibility index (Phi) is 4.50. The summed E-state index contributed by atoms with van der Waals surface area (Å²) in [4.78, 5) is 6.61. The van der Waals surface area contributed by atoms with Crippen LogP contribution in [0, 0.1) is 0 Å². The van der Waals surface area contributed by atoms with Crippen molar-refractivity contribution in [2.75, 3.05) is 31.1 Å². The second-order valence-electron chi connectivity index (χ2n) is 6.00. The second-order valence-corrected chi connectivity index (χ2v) is 6.81. The summed E-state index contributed by atoms with van der Waals surface area (Å²) in [6.07, 6.45) is 3.99. The molecule has 5 nitrogen and oxygen atoms in total. The number of hydrogen-bond acceptors (Lipinski definition) is 5. The smallest absolute Gasteiger partial charge is 0.147 e. The highest BCUT2D eigenvalue weighted by atomic mass is 35.5. The quantitative estimate of drug-likeness (QED) is 0.903. The molecule has 1 N–H and O–H groups in total. The van der Waals surface area contributed by atoms with E-state index in [-0.39, 0.29) is 12.2 Å². The van der Waals surface area contributed by atoms with Gasteiger partial charge in [-0.2, -0.15) is 0 Å². The van der Waals surface area contributed by atoms with E-state index in [9.17, 15) is 0 Å². The number of fused-ring (bicyclic) bond motifs is 2. The summed E-state index contributed by atoms with van der Waals surface area (Å²) in [5, 5.41) is 4.37. The topological polar surface area (TPSA) is 46.6 Å². The third kappa shape index (κ3) is 3.44. The summed E-state index contributed by atoms with van der Waals surface area (Å²) in [5.41, 5.74) is 1.03. The molecule has 24 heavy (non-hydrogen) atoms. The lowest BCUT2D eigenvalue weighted by Gasteiger charge is -2.42. The number of benzene rings is 1. The predicted octanol–water partition coefficient (Wildman–Crippen LogP) is 3.36. The SMILES string of the molecule is Clc1ccc(Oc2cncc(N3CC4CNCC(C3)O4)c2)cc1Cl. The van der Waals surface area contributed by atoms with Gasteiger partial charge in [-0.05, 0) is 12.1 Å². The number of hydrogen-bond donors (Lipinski definition) is 1. The summed E-state index contributed by atoms with van der Waals surface area (Å²) in [6, 6.07) is 7.18. The summed E-state index contributed by atoms with van der Waals surface area (Å²) >= 11 is 12.0. The first-order chi connectivity index (χ1) is 11.7. The molecule has 2 fully saturated rings. The van der Waals surface area contributed by atoms with Crippen molar-refractivity contribution in [2.24, 2.45) is 0 Å². The Morgan fingerprint density at radius 2 is 1.83 bits per heavy atom. The molecule has 3 heterocycles. The summed E-state index contributed by atoms with van der Waals surface area (Å²) < 4.78 is 11.8. The molecule has 2 aliphatic heterocycles. The number of aromatic nitrogens is 1. The molecule has 0 aliphatic carbocycles. The molecule has 2 unspecified atom stereocenters. The zero-order valence-corrected chi connectivity index (χ0v) is 14.4. The lowest BCUT2D eigenvalue weighted by Crippen LogP contribution is -2.58. The van der Waals surface area contributed by atoms with E-state index in [0.717, 1.165) is 31.9 Å². The number of nitrogens with one attached hydrogen (secondary N) is 1. The number of morpholine rings is 2. The lowest BCUT2D eigenvalue weighted by molar-refractivity contribution is -0.0484. The molecule has 0 spiro atoms. The summed E-state index contributed by atoms with van der Waals surface area (Å²) in [7, 11) is 0. The first-order valence-electron chi connectivity index (χ1n) is 7.86. The van der Waals surface area contributed by atoms with Gasteiger partial charge in [0.1, 0.15) is 11.5 Å². The highest BCUT2D eigenvalue weighted by Crippen LogP contribution is 2.31.